The summed E-state index contributed by atoms with van der Waals surface area (Å²) in [4.78, 5) is 0. The molecule has 2 aromatic carbocycles. The number of aliphatic hydroxyl groups excluding tert-OH is 1. The zero-order valence-electron chi connectivity index (χ0n) is 9.16. The molecule has 0 aliphatic carbocycles. The van der Waals surface area contributed by atoms with Gasteiger partial charge in [-0.15, -0.1) is 0 Å². The van der Waals surface area contributed by atoms with E-state index in [0.29, 0.717) is 27.1 Å². The van der Waals surface area contributed by atoms with Crippen molar-refractivity contribution in [2.75, 3.05) is 0 Å². The lowest BCUT2D eigenvalue weighted by atomic mass is 10.2. The highest BCUT2D eigenvalue weighted by atomic mass is 79.9. The number of hydrogen-bond donors (Lipinski definition) is 1. The first-order valence-electron chi connectivity index (χ1n) is 5.13. The molecule has 2 rings (SSSR count). The molecule has 1 N–H and O–H groups in total. The van der Waals surface area contributed by atoms with Crippen molar-refractivity contribution in [1.29, 1.82) is 0 Å². The summed E-state index contributed by atoms with van der Waals surface area (Å²) in [5.41, 5.74) is 0.556. The minimum atomic E-state index is -0.180. The summed E-state index contributed by atoms with van der Waals surface area (Å²) in [7, 11) is 0. The van der Waals surface area contributed by atoms with E-state index in [1.165, 1.54) is 0 Å². The topological polar surface area (TPSA) is 29.5 Å². The molecule has 2 nitrogen and oxygen atoms in total. The van der Waals surface area contributed by atoms with E-state index in [2.05, 4.69) is 15.9 Å². The minimum absolute atomic E-state index is 0.180. The predicted molar refractivity (Wildman–Crippen MR) is 76.6 cm³/mol. The van der Waals surface area contributed by atoms with Gasteiger partial charge in [-0.2, -0.15) is 0 Å². The summed E-state index contributed by atoms with van der Waals surface area (Å²) < 4.78 is 6.45. The van der Waals surface area contributed by atoms with Gasteiger partial charge < -0.3 is 9.84 Å². The van der Waals surface area contributed by atoms with Crippen LogP contribution >= 0.6 is 39.1 Å². The monoisotopic (exact) mass is 346 g/mol. The van der Waals surface area contributed by atoms with Crippen LogP contribution in [0, 0.1) is 0 Å². The van der Waals surface area contributed by atoms with Crippen LogP contribution in [0.25, 0.3) is 0 Å². The van der Waals surface area contributed by atoms with Crippen LogP contribution in [0.5, 0.6) is 11.5 Å². The van der Waals surface area contributed by atoms with E-state index < -0.39 is 0 Å². The fourth-order valence-corrected chi connectivity index (χ4v) is 2.45. The molecule has 5 heteroatoms. The Morgan fingerprint density at radius 1 is 1.11 bits per heavy atom. The second kappa shape index (κ2) is 5.93. The Hall–Kier alpha value is -0.740. The molecule has 0 amide bonds. The Kier molecular flexibility index (Phi) is 4.51. The van der Waals surface area contributed by atoms with Gasteiger partial charge in [0.2, 0.25) is 0 Å². The third-order valence-corrected chi connectivity index (χ3v) is 3.56. The standard InChI is InChI=1S/C13H9BrCl2O2/c14-10-6-8(15)4-5-13(10)18-12-3-1-2-11(16)9(12)7-17/h1-6,17H,7H2. The van der Waals surface area contributed by atoms with Gasteiger partial charge in [0.25, 0.3) is 0 Å². The molecule has 0 aliphatic rings. The molecule has 0 unspecified atom stereocenters. The van der Waals surface area contributed by atoms with Crippen molar-refractivity contribution in [3.8, 4) is 11.5 Å². The molecule has 0 saturated carbocycles. The van der Waals surface area contributed by atoms with Gasteiger partial charge in [-0.05, 0) is 46.3 Å². The maximum atomic E-state index is 9.29. The third-order valence-electron chi connectivity index (χ3n) is 2.35. The van der Waals surface area contributed by atoms with Crippen LogP contribution in [0.2, 0.25) is 10.0 Å². The first-order chi connectivity index (χ1) is 8.61. The molecular weight excluding hydrogens is 339 g/mol. The summed E-state index contributed by atoms with van der Waals surface area (Å²) >= 11 is 15.2. The van der Waals surface area contributed by atoms with Crippen LogP contribution in [0.1, 0.15) is 5.56 Å². The van der Waals surface area contributed by atoms with E-state index >= 15 is 0 Å². The molecule has 0 bridgehead atoms. The molecule has 0 saturated heterocycles. The largest absolute Gasteiger partial charge is 0.456 e. The summed E-state index contributed by atoms with van der Waals surface area (Å²) in [6, 6.07) is 10.4. The Morgan fingerprint density at radius 3 is 2.56 bits per heavy atom. The van der Waals surface area contributed by atoms with Crippen LogP contribution < -0.4 is 4.74 Å². The van der Waals surface area contributed by atoms with Gasteiger partial charge in [0.15, 0.2) is 0 Å². The van der Waals surface area contributed by atoms with Crippen LogP contribution in [0.4, 0.5) is 0 Å². The highest BCUT2D eigenvalue weighted by Gasteiger charge is 2.10. The number of aliphatic hydroxyl groups is 1. The van der Waals surface area contributed by atoms with Crippen molar-refractivity contribution in [2.45, 2.75) is 6.61 Å². The van der Waals surface area contributed by atoms with Gasteiger partial charge in [0.05, 0.1) is 11.1 Å². The Labute approximate surface area is 123 Å². The van der Waals surface area contributed by atoms with Gasteiger partial charge in [-0.25, -0.2) is 0 Å². The maximum absolute atomic E-state index is 9.29. The molecule has 2 aromatic rings. The number of halogens is 3. The molecule has 0 heterocycles. The Balaban J connectivity index is 2.37. The molecule has 0 aromatic heterocycles. The number of benzene rings is 2. The molecule has 0 atom stereocenters. The van der Waals surface area contributed by atoms with E-state index in [9.17, 15) is 5.11 Å². The average Bonchev–Trinajstić information content (AvgIpc) is 2.33. The van der Waals surface area contributed by atoms with E-state index in [0.717, 1.165) is 4.47 Å². The van der Waals surface area contributed by atoms with E-state index in [-0.39, 0.29) is 6.61 Å². The second-order valence-electron chi connectivity index (χ2n) is 3.55. The minimum Gasteiger partial charge on any atom is -0.456 e. The summed E-state index contributed by atoms with van der Waals surface area (Å²) in [6.07, 6.45) is 0. The van der Waals surface area contributed by atoms with Crippen molar-refractivity contribution >= 4 is 39.1 Å². The molecule has 94 valence electrons. The Bertz CT molecular complexity index is 573. The van der Waals surface area contributed by atoms with Crippen LogP contribution in [0.3, 0.4) is 0 Å². The van der Waals surface area contributed by atoms with Crippen molar-refractivity contribution < 1.29 is 9.84 Å². The van der Waals surface area contributed by atoms with Crippen molar-refractivity contribution in [1.82, 2.24) is 0 Å². The fourth-order valence-electron chi connectivity index (χ4n) is 1.46. The highest BCUT2D eigenvalue weighted by molar-refractivity contribution is 9.10. The number of rotatable bonds is 3. The molecule has 0 fully saturated rings. The van der Waals surface area contributed by atoms with Gasteiger partial charge in [0, 0.05) is 15.6 Å². The lowest BCUT2D eigenvalue weighted by molar-refractivity contribution is 0.276. The Morgan fingerprint density at radius 2 is 1.89 bits per heavy atom. The molecular formula is C13H9BrCl2O2. The fraction of sp³-hybridized carbons (Fsp3) is 0.0769. The summed E-state index contributed by atoms with van der Waals surface area (Å²) in [6.45, 7) is -0.180. The SMILES string of the molecule is OCc1c(Cl)cccc1Oc1ccc(Cl)cc1Br. The quantitative estimate of drug-likeness (QED) is 0.842. The maximum Gasteiger partial charge on any atom is 0.141 e. The zero-order valence-corrected chi connectivity index (χ0v) is 12.3. The van der Waals surface area contributed by atoms with E-state index in [1.54, 1.807) is 36.4 Å². The second-order valence-corrected chi connectivity index (χ2v) is 5.25. The predicted octanol–water partition coefficient (Wildman–Crippen LogP) is 5.04. The van der Waals surface area contributed by atoms with Crippen molar-refractivity contribution in [3.05, 3.63) is 56.5 Å². The van der Waals surface area contributed by atoms with Crippen molar-refractivity contribution in [2.24, 2.45) is 0 Å². The molecule has 0 aliphatic heterocycles. The lowest BCUT2D eigenvalue weighted by Crippen LogP contribution is -1.93. The smallest absolute Gasteiger partial charge is 0.141 e. The zero-order chi connectivity index (χ0) is 13.1. The van der Waals surface area contributed by atoms with Crippen molar-refractivity contribution in [3.63, 3.8) is 0 Å². The highest BCUT2D eigenvalue weighted by Crippen LogP contribution is 2.35. The summed E-state index contributed by atoms with van der Waals surface area (Å²) in [5.74, 6) is 1.13. The molecule has 0 spiro atoms. The van der Waals surface area contributed by atoms with Gasteiger partial charge in [-0.3, -0.25) is 0 Å². The molecule has 18 heavy (non-hydrogen) atoms. The van der Waals surface area contributed by atoms with E-state index in [4.69, 9.17) is 27.9 Å². The van der Waals surface area contributed by atoms with Gasteiger partial charge >= 0.3 is 0 Å². The first-order valence-corrected chi connectivity index (χ1v) is 6.68. The lowest BCUT2D eigenvalue weighted by Gasteiger charge is -2.12. The summed E-state index contributed by atoms with van der Waals surface area (Å²) in [5, 5.41) is 10.4. The molecule has 0 radical (unpaired) electrons. The van der Waals surface area contributed by atoms with Crippen LogP contribution in [-0.2, 0) is 6.61 Å². The number of ether oxygens (including phenoxy) is 1. The normalized spacial score (nSPS) is 10.4. The number of hydrogen-bond acceptors (Lipinski definition) is 2. The van der Waals surface area contributed by atoms with Gasteiger partial charge in [-0.1, -0.05) is 29.3 Å². The van der Waals surface area contributed by atoms with E-state index in [1.807, 2.05) is 0 Å². The van der Waals surface area contributed by atoms with Crippen LogP contribution in [-0.4, -0.2) is 5.11 Å². The van der Waals surface area contributed by atoms with Crippen LogP contribution in [0.15, 0.2) is 40.9 Å². The third kappa shape index (κ3) is 2.98. The average molecular weight is 348 g/mol. The first kappa shape index (κ1) is 13.7. The van der Waals surface area contributed by atoms with Gasteiger partial charge in [0.1, 0.15) is 11.5 Å².